The lowest BCUT2D eigenvalue weighted by Crippen LogP contribution is -2.27. The first-order valence-corrected chi connectivity index (χ1v) is 6.18. The minimum atomic E-state index is -0.459. The van der Waals surface area contributed by atoms with Gasteiger partial charge >= 0.3 is 0 Å². The lowest BCUT2D eigenvalue weighted by atomic mass is 9.87. The molecule has 0 aliphatic rings. The second-order valence-corrected chi connectivity index (χ2v) is 4.43. The van der Waals surface area contributed by atoms with E-state index in [2.05, 4.69) is 5.32 Å². The number of aryl methyl sites for hydroxylation is 1. The van der Waals surface area contributed by atoms with Crippen LogP contribution in [0, 0.1) is 24.5 Å². The first kappa shape index (κ1) is 14.1. The van der Waals surface area contributed by atoms with E-state index in [1.54, 1.807) is 14.0 Å². The largest absolute Gasteiger partial charge is 0.313 e. The monoisotopic (exact) mass is 241 g/mol. The predicted molar refractivity (Wildman–Crippen MR) is 67.0 cm³/mol. The van der Waals surface area contributed by atoms with Gasteiger partial charge in [0.05, 0.1) is 0 Å². The molecule has 0 fully saturated rings. The average molecular weight is 241 g/mol. The number of nitrogens with one attached hydrogen (secondary N) is 1. The van der Waals surface area contributed by atoms with Crippen LogP contribution in [0.2, 0.25) is 0 Å². The van der Waals surface area contributed by atoms with E-state index >= 15 is 0 Å². The molecule has 1 unspecified atom stereocenters. The van der Waals surface area contributed by atoms with Crippen molar-refractivity contribution in [2.75, 3.05) is 7.05 Å². The molecular weight excluding hydrogens is 220 g/mol. The fraction of sp³-hybridized carbons (Fsp3) is 0.571. The third-order valence-electron chi connectivity index (χ3n) is 3.46. The maximum absolute atomic E-state index is 14.1. The smallest absolute Gasteiger partial charge is 0.133 e. The van der Waals surface area contributed by atoms with Gasteiger partial charge in [-0.15, -0.1) is 0 Å². The topological polar surface area (TPSA) is 12.0 Å². The number of benzene rings is 1. The maximum Gasteiger partial charge on any atom is 0.133 e. The number of halogens is 2. The minimum absolute atomic E-state index is 0.182. The Morgan fingerprint density at radius 2 is 1.76 bits per heavy atom. The van der Waals surface area contributed by atoms with Gasteiger partial charge in [-0.05, 0) is 31.5 Å². The van der Waals surface area contributed by atoms with Gasteiger partial charge in [-0.3, -0.25) is 0 Å². The highest BCUT2D eigenvalue weighted by Crippen LogP contribution is 2.31. The SMILES string of the molecule is CCC(CC)C(NC)c1c(F)ccc(C)c1F. The van der Waals surface area contributed by atoms with E-state index in [9.17, 15) is 8.78 Å². The predicted octanol–water partition coefficient (Wildman–Crippen LogP) is 3.97. The molecule has 1 atom stereocenters. The van der Waals surface area contributed by atoms with Crippen LogP contribution in [0.3, 0.4) is 0 Å². The summed E-state index contributed by atoms with van der Waals surface area (Å²) in [6, 6.07) is 2.57. The van der Waals surface area contributed by atoms with Gasteiger partial charge in [0.25, 0.3) is 0 Å². The molecule has 0 aromatic heterocycles. The van der Waals surface area contributed by atoms with Crippen LogP contribution in [0.25, 0.3) is 0 Å². The molecular formula is C14H21F2N. The zero-order chi connectivity index (χ0) is 13.0. The van der Waals surface area contributed by atoms with Crippen LogP contribution in [0.1, 0.15) is 43.9 Å². The van der Waals surface area contributed by atoms with Crippen molar-refractivity contribution in [1.82, 2.24) is 5.32 Å². The third kappa shape index (κ3) is 2.83. The molecule has 3 heteroatoms. The Balaban J connectivity index is 3.24. The van der Waals surface area contributed by atoms with Gasteiger partial charge < -0.3 is 5.32 Å². The minimum Gasteiger partial charge on any atom is -0.313 e. The molecule has 0 heterocycles. The molecule has 0 radical (unpaired) electrons. The van der Waals surface area contributed by atoms with E-state index in [0.29, 0.717) is 5.56 Å². The molecule has 0 aliphatic heterocycles. The Morgan fingerprint density at radius 1 is 1.18 bits per heavy atom. The molecule has 1 aromatic carbocycles. The Morgan fingerprint density at radius 3 is 2.24 bits per heavy atom. The second-order valence-electron chi connectivity index (χ2n) is 4.43. The molecule has 0 amide bonds. The van der Waals surface area contributed by atoms with E-state index in [1.165, 1.54) is 12.1 Å². The molecule has 1 nitrogen and oxygen atoms in total. The highest BCUT2D eigenvalue weighted by Gasteiger charge is 2.25. The standard InChI is InChI=1S/C14H21F2N/c1-5-10(6-2)14(17-4)12-11(15)8-7-9(3)13(12)16/h7-8,10,14,17H,5-6H2,1-4H3. The zero-order valence-corrected chi connectivity index (χ0v) is 11.0. The Hall–Kier alpha value is -0.960. The first-order chi connectivity index (χ1) is 8.06. The highest BCUT2D eigenvalue weighted by molar-refractivity contribution is 5.29. The summed E-state index contributed by atoms with van der Waals surface area (Å²) >= 11 is 0. The van der Waals surface area contributed by atoms with Crippen molar-refractivity contribution in [3.63, 3.8) is 0 Å². The normalized spacial score (nSPS) is 13.1. The van der Waals surface area contributed by atoms with E-state index in [-0.39, 0.29) is 17.5 Å². The maximum atomic E-state index is 14.1. The van der Waals surface area contributed by atoms with Gasteiger partial charge in [0, 0.05) is 11.6 Å². The van der Waals surface area contributed by atoms with Crippen molar-refractivity contribution in [3.05, 3.63) is 34.9 Å². The first-order valence-electron chi connectivity index (χ1n) is 6.18. The number of hydrogen-bond acceptors (Lipinski definition) is 1. The summed E-state index contributed by atoms with van der Waals surface area (Å²) < 4.78 is 27.9. The highest BCUT2D eigenvalue weighted by atomic mass is 19.1. The molecule has 0 saturated carbocycles. The number of hydrogen-bond donors (Lipinski definition) is 1. The summed E-state index contributed by atoms with van der Waals surface area (Å²) in [5, 5.41) is 3.05. The molecule has 0 aliphatic carbocycles. The van der Waals surface area contributed by atoms with Crippen molar-refractivity contribution in [1.29, 1.82) is 0 Å². The van der Waals surface area contributed by atoms with Crippen LogP contribution in [-0.2, 0) is 0 Å². The summed E-state index contributed by atoms with van der Waals surface area (Å²) in [5.41, 5.74) is 0.675. The van der Waals surface area contributed by atoms with E-state index in [4.69, 9.17) is 0 Å². The number of rotatable bonds is 5. The molecule has 17 heavy (non-hydrogen) atoms. The molecule has 1 aromatic rings. The van der Waals surface area contributed by atoms with Crippen LogP contribution in [-0.4, -0.2) is 7.05 Å². The fourth-order valence-electron chi connectivity index (χ4n) is 2.34. The molecule has 0 saturated heterocycles. The fourth-order valence-corrected chi connectivity index (χ4v) is 2.34. The van der Waals surface area contributed by atoms with Crippen LogP contribution in [0.4, 0.5) is 8.78 Å². The average Bonchev–Trinajstić information content (AvgIpc) is 2.33. The summed E-state index contributed by atoms with van der Waals surface area (Å²) in [6.45, 7) is 5.76. The van der Waals surface area contributed by atoms with Crippen molar-refractivity contribution in [2.24, 2.45) is 5.92 Å². The van der Waals surface area contributed by atoms with Gasteiger partial charge in [0.15, 0.2) is 0 Å². The van der Waals surface area contributed by atoms with Gasteiger partial charge in [-0.25, -0.2) is 8.78 Å². The Kier molecular flexibility index (Phi) is 5.06. The van der Waals surface area contributed by atoms with Crippen molar-refractivity contribution in [2.45, 2.75) is 39.7 Å². The van der Waals surface area contributed by atoms with E-state index < -0.39 is 11.6 Å². The molecule has 0 spiro atoms. The quantitative estimate of drug-likeness (QED) is 0.822. The van der Waals surface area contributed by atoms with Crippen molar-refractivity contribution >= 4 is 0 Å². The van der Waals surface area contributed by atoms with Gasteiger partial charge in [0.1, 0.15) is 11.6 Å². The van der Waals surface area contributed by atoms with Crippen LogP contribution < -0.4 is 5.32 Å². The van der Waals surface area contributed by atoms with Crippen molar-refractivity contribution in [3.8, 4) is 0 Å². The van der Waals surface area contributed by atoms with Gasteiger partial charge in [0.2, 0.25) is 0 Å². The molecule has 96 valence electrons. The van der Waals surface area contributed by atoms with E-state index in [0.717, 1.165) is 12.8 Å². The summed E-state index contributed by atoms with van der Waals surface area (Å²) in [4.78, 5) is 0. The van der Waals surface area contributed by atoms with Crippen molar-refractivity contribution < 1.29 is 8.78 Å². The lowest BCUT2D eigenvalue weighted by Gasteiger charge is -2.26. The van der Waals surface area contributed by atoms with Gasteiger partial charge in [-0.1, -0.05) is 32.8 Å². The summed E-state index contributed by atoms with van der Waals surface area (Å²) in [5.74, 6) is -0.638. The zero-order valence-electron chi connectivity index (χ0n) is 11.0. The van der Waals surface area contributed by atoms with Gasteiger partial charge in [-0.2, -0.15) is 0 Å². The van der Waals surface area contributed by atoms with Crippen LogP contribution >= 0.6 is 0 Å². The summed E-state index contributed by atoms with van der Waals surface area (Å²) in [7, 11) is 1.75. The molecule has 1 N–H and O–H groups in total. The third-order valence-corrected chi connectivity index (χ3v) is 3.46. The lowest BCUT2D eigenvalue weighted by molar-refractivity contribution is 0.338. The second kappa shape index (κ2) is 6.10. The van der Waals surface area contributed by atoms with Crippen LogP contribution in [0.5, 0.6) is 0 Å². The molecule has 1 rings (SSSR count). The Labute approximate surface area is 102 Å². The summed E-state index contributed by atoms with van der Waals surface area (Å²) in [6.07, 6.45) is 1.80. The molecule has 0 bridgehead atoms. The van der Waals surface area contributed by atoms with E-state index in [1.807, 2.05) is 13.8 Å². The van der Waals surface area contributed by atoms with Crippen LogP contribution in [0.15, 0.2) is 12.1 Å². The Bertz CT molecular complexity index is 373.